The van der Waals surface area contributed by atoms with Crippen LogP contribution in [0.15, 0.2) is 48.5 Å². The molecule has 2 aromatic rings. The molecule has 6 heteroatoms. The van der Waals surface area contributed by atoms with Crippen LogP contribution in [0.3, 0.4) is 0 Å². The Morgan fingerprint density at radius 3 is 2.27 bits per heavy atom. The third-order valence-electron chi connectivity index (χ3n) is 4.42. The first-order valence-corrected chi connectivity index (χ1v) is 8.70. The Balaban J connectivity index is 1.80. The molecule has 0 spiro atoms. The van der Waals surface area contributed by atoms with Gasteiger partial charge < -0.3 is 24.0 Å². The zero-order chi connectivity index (χ0) is 18.4. The van der Waals surface area contributed by atoms with Gasteiger partial charge in [-0.25, -0.2) is 4.79 Å². The second-order valence-corrected chi connectivity index (χ2v) is 6.02. The molecule has 0 atom stereocenters. The van der Waals surface area contributed by atoms with E-state index in [0.717, 1.165) is 30.9 Å². The molecule has 0 N–H and O–H groups in total. The summed E-state index contributed by atoms with van der Waals surface area (Å²) < 4.78 is 16.4. The van der Waals surface area contributed by atoms with Gasteiger partial charge in [0.2, 0.25) is 0 Å². The van der Waals surface area contributed by atoms with Crippen LogP contribution < -0.4 is 14.4 Å². The number of hydrogen-bond donors (Lipinski definition) is 0. The normalized spacial score (nSPS) is 14.5. The van der Waals surface area contributed by atoms with E-state index in [2.05, 4.69) is 4.90 Å². The number of ether oxygens (including phenoxy) is 3. The number of hydrogen-bond acceptors (Lipinski definition) is 5. The van der Waals surface area contributed by atoms with Crippen molar-refractivity contribution in [2.24, 2.45) is 0 Å². The number of amides is 1. The van der Waals surface area contributed by atoms with Crippen molar-refractivity contribution in [3.05, 3.63) is 48.5 Å². The minimum atomic E-state index is -0.273. The Morgan fingerprint density at radius 2 is 1.54 bits per heavy atom. The van der Waals surface area contributed by atoms with Gasteiger partial charge in [0.15, 0.2) is 17.2 Å². The lowest BCUT2D eigenvalue weighted by Gasteiger charge is -2.25. The highest BCUT2D eigenvalue weighted by atomic mass is 16.5. The first-order valence-electron chi connectivity index (χ1n) is 8.70. The lowest BCUT2D eigenvalue weighted by Crippen LogP contribution is -2.35. The summed E-state index contributed by atoms with van der Waals surface area (Å²) in [6, 6.07) is 15.5. The van der Waals surface area contributed by atoms with Gasteiger partial charge in [-0.2, -0.15) is 0 Å². The standard InChI is InChI=1S/C20H24N2O4/c1-24-18-10-5-6-11-19(18)26-17-9-4-3-8-16(17)21-12-7-13-22(15-14-21)20(23)25-2/h3-6,8-11H,7,12-15H2,1-2H3. The van der Waals surface area contributed by atoms with Crippen LogP contribution in [0.1, 0.15) is 6.42 Å². The van der Waals surface area contributed by atoms with Crippen molar-refractivity contribution in [3.63, 3.8) is 0 Å². The highest BCUT2D eigenvalue weighted by molar-refractivity contribution is 5.68. The van der Waals surface area contributed by atoms with Crippen molar-refractivity contribution in [2.75, 3.05) is 45.3 Å². The molecule has 6 nitrogen and oxygen atoms in total. The molecule has 138 valence electrons. The van der Waals surface area contributed by atoms with Gasteiger partial charge >= 0.3 is 6.09 Å². The summed E-state index contributed by atoms with van der Waals surface area (Å²) in [6.07, 6.45) is 0.600. The van der Waals surface area contributed by atoms with E-state index in [0.29, 0.717) is 24.6 Å². The van der Waals surface area contributed by atoms with Crippen LogP contribution in [0.4, 0.5) is 10.5 Å². The minimum Gasteiger partial charge on any atom is -0.493 e. The largest absolute Gasteiger partial charge is 0.493 e. The van der Waals surface area contributed by atoms with Crippen LogP contribution in [0.2, 0.25) is 0 Å². The van der Waals surface area contributed by atoms with E-state index in [1.807, 2.05) is 48.5 Å². The topological polar surface area (TPSA) is 51.2 Å². The molecule has 1 heterocycles. The molecule has 1 aliphatic heterocycles. The minimum absolute atomic E-state index is 0.273. The van der Waals surface area contributed by atoms with Gasteiger partial charge in [0.05, 0.1) is 19.9 Å². The molecule has 0 saturated carbocycles. The fourth-order valence-electron chi connectivity index (χ4n) is 3.10. The van der Waals surface area contributed by atoms with Gasteiger partial charge in [0, 0.05) is 26.2 Å². The maximum Gasteiger partial charge on any atom is 0.409 e. The number of rotatable bonds is 4. The van der Waals surface area contributed by atoms with Crippen LogP contribution in [-0.4, -0.2) is 51.4 Å². The van der Waals surface area contributed by atoms with E-state index in [1.54, 1.807) is 12.0 Å². The van der Waals surface area contributed by atoms with Crippen molar-refractivity contribution >= 4 is 11.8 Å². The molecule has 0 aliphatic carbocycles. The number of para-hydroxylation sites is 4. The zero-order valence-corrected chi connectivity index (χ0v) is 15.2. The van der Waals surface area contributed by atoms with Crippen molar-refractivity contribution in [2.45, 2.75) is 6.42 Å². The van der Waals surface area contributed by atoms with E-state index in [9.17, 15) is 4.79 Å². The number of anilines is 1. The summed E-state index contributed by atoms with van der Waals surface area (Å²) in [5.41, 5.74) is 1.00. The predicted molar refractivity (Wildman–Crippen MR) is 100 cm³/mol. The lowest BCUT2D eigenvalue weighted by molar-refractivity contribution is 0.126. The maximum absolute atomic E-state index is 11.8. The Kier molecular flexibility index (Phi) is 5.84. The third-order valence-corrected chi connectivity index (χ3v) is 4.42. The van der Waals surface area contributed by atoms with Crippen LogP contribution in [0.25, 0.3) is 0 Å². The average Bonchev–Trinajstić information content (AvgIpc) is 2.94. The lowest BCUT2D eigenvalue weighted by atomic mass is 10.2. The summed E-state index contributed by atoms with van der Waals surface area (Å²) in [4.78, 5) is 15.8. The van der Waals surface area contributed by atoms with Gasteiger partial charge in [-0.05, 0) is 30.7 Å². The molecule has 0 aromatic heterocycles. The van der Waals surface area contributed by atoms with Crippen LogP contribution in [-0.2, 0) is 4.74 Å². The molecule has 3 rings (SSSR count). The van der Waals surface area contributed by atoms with Gasteiger partial charge in [-0.1, -0.05) is 24.3 Å². The van der Waals surface area contributed by atoms with Crippen LogP contribution >= 0.6 is 0 Å². The smallest absolute Gasteiger partial charge is 0.409 e. The van der Waals surface area contributed by atoms with E-state index >= 15 is 0 Å². The van der Waals surface area contributed by atoms with E-state index in [4.69, 9.17) is 14.2 Å². The number of nitrogens with zero attached hydrogens (tertiary/aromatic N) is 2. The molecule has 0 radical (unpaired) electrons. The first kappa shape index (κ1) is 17.9. The van der Waals surface area contributed by atoms with Gasteiger partial charge in [-0.15, -0.1) is 0 Å². The molecule has 0 unspecified atom stereocenters. The zero-order valence-electron chi connectivity index (χ0n) is 15.2. The summed E-state index contributed by atoms with van der Waals surface area (Å²) in [7, 11) is 3.05. The second-order valence-electron chi connectivity index (χ2n) is 6.02. The molecule has 1 fully saturated rings. The Labute approximate surface area is 153 Å². The quantitative estimate of drug-likeness (QED) is 0.835. The molecule has 2 aromatic carbocycles. The molecule has 26 heavy (non-hydrogen) atoms. The van der Waals surface area contributed by atoms with Gasteiger partial charge in [0.1, 0.15) is 0 Å². The van der Waals surface area contributed by atoms with E-state index in [-0.39, 0.29) is 6.09 Å². The number of methoxy groups -OCH3 is 2. The van der Waals surface area contributed by atoms with Crippen LogP contribution in [0, 0.1) is 0 Å². The Hall–Kier alpha value is -2.89. The first-order chi connectivity index (χ1) is 12.7. The van der Waals surface area contributed by atoms with Gasteiger partial charge in [0.25, 0.3) is 0 Å². The predicted octanol–water partition coefficient (Wildman–Crippen LogP) is 3.77. The fourth-order valence-corrected chi connectivity index (χ4v) is 3.10. The van der Waals surface area contributed by atoms with E-state index in [1.165, 1.54) is 7.11 Å². The van der Waals surface area contributed by atoms with Crippen molar-refractivity contribution in [3.8, 4) is 17.2 Å². The van der Waals surface area contributed by atoms with Crippen molar-refractivity contribution < 1.29 is 19.0 Å². The molecule has 0 bridgehead atoms. The average molecular weight is 356 g/mol. The summed E-state index contributed by atoms with van der Waals surface area (Å²) in [5.74, 6) is 2.13. The molecular weight excluding hydrogens is 332 g/mol. The molecule has 1 aliphatic rings. The SMILES string of the molecule is COC(=O)N1CCCN(c2ccccc2Oc2ccccc2OC)CC1. The van der Waals surface area contributed by atoms with Crippen molar-refractivity contribution in [1.29, 1.82) is 0 Å². The second kappa shape index (κ2) is 8.47. The molecule has 1 saturated heterocycles. The van der Waals surface area contributed by atoms with E-state index < -0.39 is 0 Å². The van der Waals surface area contributed by atoms with Crippen molar-refractivity contribution in [1.82, 2.24) is 4.90 Å². The highest BCUT2D eigenvalue weighted by Crippen LogP contribution is 2.36. The Morgan fingerprint density at radius 1 is 0.846 bits per heavy atom. The monoisotopic (exact) mass is 356 g/mol. The Bertz CT molecular complexity index is 750. The maximum atomic E-state index is 11.8. The summed E-state index contributed by atoms with van der Waals surface area (Å²) >= 11 is 0. The fraction of sp³-hybridized carbons (Fsp3) is 0.350. The highest BCUT2D eigenvalue weighted by Gasteiger charge is 2.21. The summed E-state index contributed by atoms with van der Waals surface area (Å²) in [5, 5.41) is 0. The van der Waals surface area contributed by atoms with Crippen LogP contribution in [0.5, 0.6) is 17.2 Å². The molecule has 1 amide bonds. The van der Waals surface area contributed by atoms with Gasteiger partial charge in [-0.3, -0.25) is 0 Å². The summed E-state index contributed by atoms with van der Waals surface area (Å²) in [6.45, 7) is 2.88. The molecular formula is C20H24N2O4. The number of benzene rings is 2. The third kappa shape index (κ3) is 4.02. The number of carbonyl (C=O) groups excluding carboxylic acids is 1. The number of carbonyl (C=O) groups is 1.